The van der Waals surface area contributed by atoms with Crippen LogP contribution in [0.25, 0.3) is 0 Å². The molecule has 33 heavy (non-hydrogen) atoms. The van der Waals surface area contributed by atoms with Crippen molar-refractivity contribution in [2.45, 2.75) is 33.1 Å². The molecule has 2 aromatic carbocycles. The molecule has 7 nitrogen and oxygen atoms in total. The SMILES string of the molecule is CCCC1(CC)C(=O)N(CNc2ccc(Cl)cc2)C(=O)N2CN(c3ccc(Cl)cc3)CN=C21. The van der Waals surface area contributed by atoms with Crippen LogP contribution >= 0.6 is 23.2 Å². The number of aliphatic imine (C=N–C) groups is 1. The number of carbonyl (C=O) groups excluding carboxylic acids is 2. The second-order valence-electron chi connectivity index (χ2n) is 8.25. The number of carbonyl (C=O) groups is 2. The Morgan fingerprint density at radius 2 is 1.64 bits per heavy atom. The Kier molecular flexibility index (Phi) is 6.81. The van der Waals surface area contributed by atoms with Crippen molar-refractivity contribution in [3.05, 3.63) is 58.6 Å². The number of amidine groups is 1. The van der Waals surface area contributed by atoms with Crippen LogP contribution in [0.2, 0.25) is 10.0 Å². The minimum atomic E-state index is -0.823. The molecule has 0 aliphatic carbocycles. The Morgan fingerprint density at radius 3 is 2.24 bits per heavy atom. The van der Waals surface area contributed by atoms with Crippen LogP contribution in [0.15, 0.2) is 53.5 Å². The van der Waals surface area contributed by atoms with Crippen LogP contribution in [-0.2, 0) is 4.79 Å². The lowest BCUT2D eigenvalue weighted by atomic mass is 9.76. The molecular formula is C24H27Cl2N5O2. The van der Waals surface area contributed by atoms with Gasteiger partial charge in [0, 0.05) is 21.4 Å². The summed E-state index contributed by atoms with van der Waals surface area (Å²) in [6.07, 6.45) is 2.00. The predicted molar refractivity (Wildman–Crippen MR) is 133 cm³/mol. The zero-order chi connectivity index (χ0) is 23.6. The van der Waals surface area contributed by atoms with Crippen LogP contribution in [-0.4, -0.2) is 47.6 Å². The highest BCUT2D eigenvalue weighted by Crippen LogP contribution is 2.40. The van der Waals surface area contributed by atoms with Gasteiger partial charge in [0.1, 0.15) is 24.6 Å². The van der Waals surface area contributed by atoms with Gasteiger partial charge < -0.3 is 10.2 Å². The van der Waals surface area contributed by atoms with E-state index in [1.54, 1.807) is 17.0 Å². The summed E-state index contributed by atoms with van der Waals surface area (Å²) in [4.78, 5) is 36.9. The van der Waals surface area contributed by atoms with Crippen molar-refractivity contribution in [3.63, 3.8) is 0 Å². The summed E-state index contributed by atoms with van der Waals surface area (Å²) in [5, 5.41) is 4.45. The predicted octanol–water partition coefficient (Wildman–Crippen LogP) is 5.66. The van der Waals surface area contributed by atoms with Crippen LogP contribution in [0.3, 0.4) is 0 Å². The fourth-order valence-corrected chi connectivity index (χ4v) is 4.74. The molecule has 174 valence electrons. The van der Waals surface area contributed by atoms with Gasteiger partial charge in [0.25, 0.3) is 0 Å². The number of hydrogen-bond donors (Lipinski definition) is 1. The number of urea groups is 1. The number of rotatable bonds is 7. The number of benzene rings is 2. The van der Waals surface area contributed by atoms with Gasteiger partial charge in [-0.3, -0.25) is 9.69 Å². The molecule has 0 aromatic heterocycles. The molecule has 1 fully saturated rings. The summed E-state index contributed by atoms with van der Waals surface area (Å²) < 4.78 is 0. The third-order valence-electron chi connectivity index (χ3n) is 6.26. The first-order valence-corrected chi connectivity index (χ1v) is 11.8. The topological polar surface area (TPSA) is 68.2 Å². The number of nitrogens with zero attached hydrogens (tertiary/aromatic N) is 4. The van der Waals surface area contributed by atoms with Gasteiger partial charge in [-0.05, 0) is 61.4 Å². The van der Waals surface area contributed by atoms with Crippen molar-refractivity contribution in [2.75, 3.05) is 30.2 Å². The third kappa shape index (κ3) is 4.39. The molecule has 0 radical (unpaired) electrons. The molecule has 1 N–H and O–H groups in total. The molecule has 1 unspecified atom stereocenters. The smallest absolute Gasteiger partial charge is 0.335 e. The average molecular weight is 488 g/mol. The van der Waals surface area contributed by atoms with Crippen molar-refractivity contribution in [2.24, 2.45) is 10.4 Å². The first-order valence-electron chi connectivity index (χ1n) is 11.1. The van der Waals surface area contributed by atoms with Gasteiger partial charge in [0.15, 0.2) is 0 Å². The zero-order valence-corrected chi connectivity index (χ0v) is 20.2. The van der Waals surface area contributed by atoms with Gasteiger partial charge in [-0.15, -0.1) is 0 Å². The fraction of sp³-hybridized carbons (Fsp3) is 0.375. The fourth-order valence-electron chi connectivity index (χ4n) is 4.49. The van der Waals surface area contributed by atoms with E-state index in [1.807, 2.05) is 55.1 Å². The van der Waals surface area contributed by atoms with E-state index in [4.69, 9.17) is 28.2 Å². The monoisotopic (exact) mass is 487 g/mol. The summed E-state index contributed by atoms with van der Waals surface area (Å²) >= 11 is 12.0. The number of amides is 3. The number of imide groups is 1. The molecule has 4 rings (SSSR count). The highest BCUT2D eigenvalue weighted by atomic mass is 35.5. The molecule has 1 atom stereocenters. The summed E-state index contributed by atoms with van der Waals surface area (Å²) in [5.74, 6) is 0.378. The maximum atomic E-state index is 13.7. The van der Waals surface area contributed by atoms with Crippen molar-refractivity contribution in [3.8, 4) is 0 Å². The maximum absolute atomic E-state index is 13.7. The molecule has 2 aliphatic heterocycles. The molecule has 2 aliphatic rings. The van der Waals surface area contributed by atoms with E-state index < -0.39 is 5.41 Å². The number of hydrogen-bond acceptors (Lipinski definition) is 5. The molecule has 2 heterocycles. The summed E-state index contributed by atoms with van der Waals surface area (Å²) in [5.41, 5.74) is 0.866. The van der Waals surface area contributed by atoms with Gasteiger partial charge >= 0.3 is 6.03 Å². The van der Waals surface area contributed by atoms with E-state index in [0.717, 1.165) is 17.8 Å². The number of anilines is 2. The minimum Gasteiger partial charge on any atom is -0.367 e. The summed E-state index contributed by atoms with van der Waals surface area (Å²) in [6, 6.07) is 14.2. The van der Waals surface area contributed by atoms with Gasteiger partial charge in [-0.25, -0.2) is 14.7 Å². The quantitative estimate of drug-likeness (QED) is 0.547. The lowest BCUT2D eigenvalue weighted by Crippen LogP contribution is -2.68. The summed E-state index contributed by atoms with van der Waals surface area (Å²) in [6.45, 7) is 4.79. The average Bonchev–Trinajstić information content (AvgIpc) is 2.83. The van der Waals surface area contributed by atoms with Crippen LogP contribution in [0.1, 0.15) is 33.1 Å². The van der Waals surface area contributed by atoms with Crippen molar-refractivity contribution < 1.29 is 9.59 Å². The highest BCUT2D eigenvalue weighted by molar-refractivity contribution is 6.31. The minimum absolute atomic E-state index is 0.0650. The third-order valence-corrected chi connectivity index (χ3v) is 6.76. The van der Waals surface area contributed by atoms with Gasteiger partial charge in [0.05, 0.1) is 6.67 Å². The van der Waals surface area contributed by atoms with E-state index in [9.17, 15) is 9.59 Å². The van der Waals surface area contributed by atoms with E-state index in [-0.39, 0.29) is 18.6 Å². The van der Waals surface area contributed by atoms with E-state index in [2.05, 4.69) is 5.32 Å². The van der Waals surface area contributed by atoms with Crippen LogP contribution in [0.5, 0.6) is 0 Å². The van der Waals surface area contributed by atoms with Crippen LogP contribution in [0.4, 0.5) is 16.2 Å². The Hall–Kier alpha value is -2.77. The largest absolute Gasteiger partial charge is 0.367 e. The lowest BCUT2D eigenvalue weighted by molar-refractivity contribution is -0.137. The Morgan fingerprint density at radius 1 is 1.00 bits per heavy atom. The van der Waals surface area contributed by atoms with Crippen molar-refractivity contribution in [1.29, 1.82) is 0 Å². The van der Waals surface area contributed by atoms with E-state index in [0.29, 0.717) is 42.1 Å². The standard InChI is InChI=1S/C24H27Cl2N5O2/c1-3-13-24(4-2)21-28-14-29(20-11-7-18(26)8-12-20)16-31(21)23(33)30(22(24)32)15-27-19-9-5-17(25)6-10-19/h5-12,27H,3-4,13-16H2,1-2H3. The Balaban J connectivity index is 1.65. The van der Waals surface area contributed by atoms with E-state index in [1.165, 1.54) is 4.90 Å². The molecule has 0 bridgehead atoms. The first-order chi connectivity index (χ1) is 15.9. The number of nitrogens with one attached hydrogen (secondary N) is 1. The second kappa shape index (κ2) is 9.61. The molecular weight excluding hydrogens is 461 g/mol. The lowest BCUT2D eigenvalue weighted by Gasteiger charge is -2.49. The molecule has 3 amide bonds. The Labute approximate surface area is 204 Å². The first kappa shape index (κ1) is 23.4. The number of halogens is 2. The van der Waals surface area contributed by atoms with Gasteiger partial charge in [-0.1, -0.05) is 43.5 Å². The van der Waals surface area contributed by atoms with Crippen LogP contribution < -0.4 is 10.2 Å². The van der Waals surface area contributed by atoms with Crippen LogP contribution in [0, 0.1) is 5.41 Å². The van der Waals surface area contributed by atoms with Crippen molar-refractivity contribution >= 4 is 52.4 Å². The van der Waals surface area contributed by atoms with Crippen molar-refractivity contribution in [1.82, 2.24) is 9.80 Å². The Bertz CT molecular complexity index is 1060. The zero-order valence-electron chi connectivity index (χ0n) is 18.7. The molecule has 0 spiro atoms. The molecule has 0 saturated carbocycles. The van der Waals surface area contributed by atoms with Gasteiger partial charge in [-0.2, -0.15) is 0 Å². The normalized spacial score (nSPS) is 20.6. The molecule has 2 aromatic rings. The van der Waals surface area contributed by atoms with Gasteiger partial charge in [0.2, 0.25) is 5.91 Å². The van der Waals surface area contributed by atoms with E-state index >= 15 is 0 Å². The summed E-state index contributed by atoms with van der Waals surface area (Å²) in [7, 11) is 0. The highest BCUT2D eigenvalue weighted by Gasteiger charge is 2.54. The number of fused-ring (bicyclic) bond motifs is 1. The second-order valence-corrected chi connectivity index (χ2v) is 9.12. The molecule has 1 saturated heterocycles. The maximum Gasteiger partial charge on any atom is 0.335 e. The molecule has 9 heteroatoms.